The number of nitrogens with zero attached hydrogens (tertiary/aromatic N) is 1. The summed E-state index contributed by atoms with van der Waals surface area (Å²) in [5, 5.41) is 32.0. The average Bonchev–Trinajstić information content (AvgIpc) is 2.86. The van der Waals surface area contributed by atoms with E-state index in [9.17, 15) is 24.6 Å². The van der Waals surface area contributed by atoms with Crippen molar-refractivity contribution in [2.24, 2.45) is 4.99 Å². The molecule has 38 heavy (non-hydrogen) atoms. The summed E-state index contributed by atoms with van der Waals surface area (Å²) in [6.07, 6.45) is -4.61. The Balaban J connectivity index is 1.74. The van der Waals surface area contributed by atoms with Gasteiger partial charge < -0.3 is 39.0 Å². The quantitative estimate of drug-likeness (QED) is 0.125. The molecule has 0 fully saturated rings. The van der Waals surface area contributed by atoms with Crippen LogP contribution in [-0.4, -0.2) is 53.0 Å². The number of aliphatic hydroxyl groups excluding tert-OH is 1. The van der Waals surface area contributed by atoms with Gasteiger partial charge in [-0.05, 0) is 70.1 Å². The van der Waals surface area contributed by atoms with Crippen LogP contribution in [-0.2, 0) is 4.74 Å². The van der Waals surface area contributed by atoms with Gasteiger partial charge in [-0.2, -0.15) is 0 Å². The number of benzene rings is 5. The maximum Gasteiger partial charge on any atom is 0.523 e. The van der Waals surface area contributed by atoms with Crippen molar-refractivity contribution in [2.45, 2.75) is 0 Å². The fourth-order valence-electron chi connectivity index (χ4n) is 4.80. The van der Waals surface area contributed by atoms with E-state index in [1.807, 2.05) is 0 Å². The second kappa shape index (κ2) is 8.64. The number of carbonyl (C=O) groups is 3. The highest BCUT2D eigenvalue weighted by molar-refractivity contribution is 6.35. The lowest BCUT2D eigenvalue weighted by molar-refractivity contribution is 0.134. The van der Waals surface area contributed by atoms with Crippen LogP contribution < -0.4 is 18.9 Å². The van der Waals surface area contributed by atoms with Gasteiger partial charge in [-0.3, -0.25) is 0 Å². The maximum absolute atomic E-state index is 12.3. The molecule has 0 bridgehead atoms. The Labute approximate surface area is 211 Å². The molecular weight excluding hydrogens is 502 g/mol. The molecule has 0 aromatic heterocycles. The van der Waals surface area contributed by atoms with Crippen LogP contribution in [0, 0.1) is 0 Å². The first kappa shape index (κ1) is 23.1. The highest BCUT2D eigenvalue weighted by Gasteiger charge is 2.26. The van der Waals surface area contributed by atoms with Gasteiger partial charge in [0, 0.05) is 10.8 Å². The first-order chi connectivity index (χ1) is 18.4. The van der Waals surface area contributed by atoms with Gasteiger partial charge in [-0.25, -0.2) is 19.4 Å². The molecule has 12 heteroatoms. The largest absolute Gasteiger partial charge is 0.523 e. The smallest absolute Gasteiger partial charge is 0.449 e. The molecular formula is C26H15NO11. The van der Waals surface area contributed by atoms with Crippen LogP contribution in [0.2, 0.25) is 0 Å². The van der Waals surface area contributed by atoms with Crippen LogP contribution in [0.5, 0.6) is 23.0 Å². The van der Waals surface area contributed by atoms with Gasteiger partial charge >= 0.3 is 24.5 Å². The molecule has 0 amide bonds. The van der Waals surface area contributed by atoms with E-state index in [0.717, 1.165) is 0 Å². The number of cyclic esters (lactones) is 1. The predicted octanol–water partition coefficient (Wildman–Crippen LogP) is 5.11. The third-order valence-corrected chi connectivity index (χ3v) is 6.05. The molecule has 0 aliphatic carbocycles. The van der Waals surface area contributed by atoms with E-state index in [2.05, 4.69) is 4.99 Å². The van der Waals surface area contributed by atoms with Crippen molar-refractivity contribution in [3.05, 3.63) is 48.5 Å². The molecule has 6 rings (SSSR count). The molecule has 12 nitrogen and oxygen atoms in total. The summed E-state index contributed by atoms with van der Waals surface area (Å²) in [6, 6.07) is 12.7. The van der Waals surface area contributed by atoms with E-state index in [4.69, 9.17) is 28.8 Å². The number of carboxylic acid groups (broad SMARTS) is 2. The number of hydrogen-bond donors (Lipinski definition) is 3. The molecule has 0 unspecified atom stereocenters. The zero-order chi connectivity index (χ0) is 26.6. The molecule has 5 aromatic carbocycles. The molecule has 0 atom stereocenters. The number of rotatable bonds is 4. The number of fused-ring (bicyclic) bond motifs is 2. The van der Waals surface area contributed by atoms with Gasteiger partial charge in [0.1, 0.15) is 23.0 Å². The number of ether oxygens (including phenoxy) is 5. The van der Waals surface area contributed by atoms with E-state index in [1.54, 1.807) is 36.4 Å². The van der Waals surface area contributed by atoms with Crippen LogP contribution in [0.15, 0.2) is 53.5 Å². The van der Waals surface area contributed by atoms with E-state index in [1.165, 1.54) is 12.1 Å². The van der Waals surface area contributed by atoms with Crippen molar-refractivity contribution in [3.63, 3.8) is 0 Å². The van der Waals surface area contributed by atoms with Gasteiger partial charge in [-0.15, -0.1) is 0 Å². The maximum atomic E-state index is 12.3. The van der Waals surface area contributed by atoms with E-state index >= 15 is 0 Å². The fraction of sp³-hybridized carbons (Fsp3) is 0.0769. The van der Waals surface area contributed by atoms with Crippen molar-refractivity contribution in [2.75, 3.05) is 13.2 Å². The normalized spacial score (nSPS) is 14.2. The summed E-state index contributed by atoms with van der Waals surface area (Å²) in [7, 11) is 0. The summed E-state index contributed by atoms with van der Waals surface area (Å²) >= 11 is 0. The summed E-state index contributed by atoms with van der Waals surface area (Å²) in [5.41, 5.74) is 0. The Morgan fingerprint density at radius 3 is 1.71 bits per heavy atom. The molecule has 1 aliphatic heterocycles. The Hall–Kier alpha value is -5.36. The molecule has 3 N–H and O–H groups in total. The minimum atomic E-state index is -1.58. The predicted molar refractivity (Wildman–Crippen MR) is 132 cm³/mol. The zero-order valence-electron chi connectivity index (χ0n) is 19.1. The van der Waals surface area contributed by atoms with Crippen molar-refractivity contribution in [1.82, 2.24) is 0 Å². The fourth-order valence-corrected chi connectivity index (χ4v) is 4.80. The Kier molecular flexibility index (Phi) is 5.24. The standard InChI is InChI=1S/C26H15NO11/c28-10-9-27-23-34-15-5-1-11-12-2-6-16(35-24(29)30)22-17(36-25(31)32)7-3-13(20(12)22)14-4-8-18(21(15)19(11)14)37-26(33)38-23/h1-8,28H,9-10H2,(H,29,30)(H,31,32). The lowest BCUT2D eigenvalue weighted by Gasteiger charge is -2.21. The van der Waals surface area contributed by atoms with E-state index < -0.39 is 18.5 Å². The Morgan fingerprint density at radius 2 is 1.18 bits per heavy atom. The first-order valence-electron chi connectivity index (χ1n) is 11.1. The van der Waals surface area contributed by atoms with Gasteiger partial charge in [0.25, 0.3) is 0 Å². The van der Waals surface area contributed by atoms with Crippen molar-refractivity contribution >= 4 is 67.6 Å². The lowest BCUT2D eigenvalue weighted by atomic mass is 9.88. The molecule has 1 heterocycles. The van der Waals surface area contributed by atoms with E-state index in [0.29, 0.717) is 37.7 Å². The van der Waals surface area contributed by atoms with Crippen molar-refractivity contribution in [1.29, 1.82) is 0 Å². The van der Waals surface area contributed by atoms with Crippen molar-refractivity contribution < 1.29 is 53.4 Å². The molecule has 1 aliphatic rings. The SMILES string of the molecule is O=C(O)Oc1ccc2c3ccc4c5c(ccc(c6ccc(OC(=O)O)c1c26)c53)OC(=NCCO)OC(=O)O4. The highest BCUT2D eigenvalue weighted by Crippen LogP contribution is 2.49. The zero-order valence-corrected chi connectivity index (χ0v) is 19.1. The number of hydrogen-bond acceptors (Lipinski definition) is 10. The van der Waals surface area contributed by atoms with Gasteiger partial charge in [0.15, 0.2) is 0 Å². The molecule has 190 valence electrons. The minimum Gasteiger partial charge on any atom is -0.449 e. The summed E-state index contributed by atoms with van der Waals surface area (Å²) < 4.78 is 26.2. The highest BCUT2D eigenvalue weighted by atomic mass is 16.8. The Morgan fingerprint density at radius 1 is 0.684 bits per heavy atom. The number of aliphatic hydroxyl groups is 1. The van der Waals surface area contributed by atoms with Crippen LogP contribution in [0.3, 0.4) is 0 Å². The topological polar surface area (TPSA) is 170 Å². The van der Waals surface area contributed by atoms with Gasteiger partial charge in [-0.1, -0.05) is 0 Å². The number of carbonyl (C=O) groups excluding carboxylic acids is 1. The second-order valence-corrected chi connectivity index (χ2v) is 8.11. The molecule has 5 aromatic rings. The minimum absolute atomic E-state index is 0.0619. The lowest BCUT2D eigenvalue weighted by Crippen LogP contribution is -2.23. The van der Waals surface area contributed by atoms with Crippen molar-refractivity contribution in [3.8, 4) is 23.0 Å². The molecule has 0 saturated heterocycles. The average molecular weight is 517 g/mol. The second-order valence-electron chi connectivity index (χ2n) is 8.11. The Bertz CT molecular complexity index is 1770. The van der Waals surface area contributed by atoms with Gasteiger partial charge in [0.2, 0.25) is 0 Å². The van der Waals surface area contributed by atoms with Crippen LogP contribution in [0.4, 0.5) is 14.4 Å². The number of aliphatic imine (C=N–C) groups is 1. The monoisotopic (exact) mass is 517 g/mol. The third-order valence-electron chi connectivity index (χ3n) is 6.05. The van der Waals surface area contributed by atoms with Gasteiger partial charge in [0.05, 0.1) is 23.9 Å². The summed E-state index contributed by atoms with van der Waals surface area (Å²) in [6.45, 7) is -0.351. The molecule has 0 radical (unpaired) electrons. The summed E-state index contributed by atoms with van der Waals surface area (Å²) in [5.74, 6) is 0.246. The van der Waals surface area contributed by atoms with Crippen LogP contribution in [0.25, 0.3) is 43.1 Å². The third kappa shape index (κ3) is 3.59. The summed E-state index contributed by atoms with van der Waals surface area (Å²) in [4.78, 5) is 39.0. The van der Waals surface area contributed by atoms with Crippen LogP contribution in [0.1, 0.15) is 0 Å². The molecule has 0 saturated carbocycles. The first-order valence-corrected chi connectivity index (χ1v) is 11.1. The molecule has 0 spiro atoms. The van der Waals surface area contributed by atoms with Crippen LogP contribution >= 0.6 is 0 Å². The van der Waals surface area contributed by atoms with E-state index in [-0.39, 0.29) is 47.6 Å².